The fourth-order valence-corrected chi connectivity index (χ4v) is 2.83. The normalized spacial score (nSPS) is 10.5. The molecule has 0 spiro atoms. The highest BCUT2D eigenvalue weighted by molar-refractivity contribution is 6.30. The molecule has 0 saturated heterocycles. The molecule has 0 fully saturated rings. The van der Waals surface area contributed by atoms with Gasteiger partial charge in [-0.25, -0.2) is 9.78 Å². The minimum Gasteiger partial charge on any atom is -0.495 e. The molecule has 3 rings (SSSR count). The van der Waals surface area contributed by atoms with Crippen molar-refractivity contribution < 1.29 is 19.1 Å². The van der Waals surface area contributed by atoms with Gasteiger partial charge in [0.05, 0.1) is 23.9 Å². The molecule has 2 aromatic carbocycles. The van der Waals surface area contributed by atoms with Crippen molar-refractivity contribution in [1.82, 2.24) is 4.98 Å². The molecule has 1 aromatic heterocycles. The second-order valence-corrected chi connectivity index (χ2v) is 6.22. The van der Waals surface area contributed by atoms with E-state index in [4.69, 9.17) is 21.1 Å². The topological polar surface area (TPSA) is 77.5 Å². The molecule has 0 saturated carbocycles. The summed E-state index contributed by atoms with van der Waals surface area (Å²) in [5, 5.41) is 3.46. The van der Waals surface area contributed by atoms with E-state index in [9.17, 15) is 9.59 Å². The number of hydrogen-bond donors (Lipinski definition) is 1. The Bertz CT molecular complexity index is 1020. The maximum absolute atomic E-state index is 12.4. The number of nitrogens with one attached hydrogen (secondary N) is 1. The Morgan fingerprint density at radius 2 is 1.93 bits per heavy atom. The zero-order chi connectivity index (χ0) is 19.4. The highest BCUT2D eigenvalue weighted by Crippen LogP contribution is 2.25. The second-order valence-electron chi connectivity index (χ2n) is 5.84. The Kier molecular flexibility index (Phi) is 5.57. The summed E-state index contributed by atoms with van der Waals surface area (Å²) in [7, 11) is 1.51. The first-order chi connectivity index (χ1) is 13.0. The number of aromatic nitrogens is 1. The number of methoxy groups -OCH3 is 1. The van der Waals surface area contributed by atoms with Crippen LogP contribution in [0.2, 0.25) is 5.15 Å². The average Bonchev–Trinajstić information content (AvgIpc) is 2.65. The lowest BCUT2D eigenvalue weighted by atomic mass is 10.1. The second kappa shape index (κ2) is 8.05. The van der Waals surface area contributed by atoms with Crippen LogP contribution in [0.5, 0.6) is 5.75 Å². The van der Waals surface area contributed by atoms with Crippen molar-refractivity contribution in [3.63, 3.8) is 0 Å². The van der Waals surface area contributed by atoms with Gasteiger partial charge in [0, 0.05) is 5.39 Å². The Labute approximate surface area is 161 Å². The number of esters is 1. The molecular weight excluding hydrogens is 368 g/mol. The van der Waals surface area contributed by atoms with Gasteiger partial charge >= 0.3 is 5.97 Å². The van der Waals surface area contributed by atoms with Gasteiger partial charge in [0.1, 0.15) is 10.9 Å². The molecular formula is C20H17ClN2O4. The SMILES string of the molecule is COc1ccc(C)cc1NC(=O)COC(=O)c1cc(Cl)nc2ccccc12. The van der Waals surface area contributed by atoms with Crippen LogP contribution in [0.1, 0.15) is 15.9 Å². The third kappa shape index (κ3) is 4.35. The first kappa shape index (κ1) is 18.7. The van der Waals surface area contributed by atoms with Gasteiger partial charge in [-0.2, -0.15) is 0 Å². The summed E-state index contributed by atoms with van der Waals surface area (Å²) in [6.45, 7) is 1.46. The first-order valence-corrected chi connectivity index (χ1v) is 8.52. The molecule has 0 atom stereocenters. The molecule has 0 aliphatic carbocycles. The molecule has 1 amide bonds. The van der Waals surface area contributed by atoms with Gasteiger partial charge < -0.3 is 14.8 Å². The molecule has 0 aliphatic heterocycles. The largest absolute Gasteiger partial charge is 0.495 e. The summed E-state index contributed by atoms with van der Waals surface area (Å²) in [6, 6.07) is 13.9. The van der Waals surface area contributed by atoms with E-state index < -0.39 is 18.5 Å². The summed E-state index contributed by atoms with van der Waals surface area (Å²) >= 11 is 5.97. The van der Waals surface area contributed by atoms with Crippen molar-refractivity contribution in [1.29, 1.82) is 0 Å². The van der Waals surface area contributed by atoms with Gasteiger partial charge in [0.2, 0.25) is 0 Å². The average molecular weight is 385 g/mol. The van der Waals surface area contributed by atoms with Crippen LogP contribution < -0.4 is 10.1 Å². The number of carbonyl (C=O) groups is 2. The third-order valence-corrected chi connectivity index (χ3v) is 4.06. The highest BCUT2D eigenvalue weighted by atomic mass is 35.5. The lowest BCUT2D eigenvalue weighted by molar-refractivity contribution is -0.119. The quantitative estimate of drug-likeness (QED) is 0.531. The molecule has 3 aromatic rings. The molecule has 7 heteroatoms. The van der Waals surface area contributed by atoms with E-state index in [-0.39, 0.29) is 10.7 Å². The predicted molar refractivity (Wildman–Crippen MR) is 103 cm³/mol. The van der Waals surface area contributed by atoms with Crippen LogP contribution in [0.4, 0.5) is 5.69 Å². The fourth-order valence-electron chi connectivity index (χ4n) is 2.63. The van der Waals surface area contributed by atoms with Crippen LogP contribution in [-0.4, -0.2) is 30.6 Å². The van der Waals surface area contributed by atoms with E-state index in [0.717, 1.165) is 5.56 Å². The zero-order valence-electron chi connectivity index (χ0n) is 14.8. The Balaban J connectivity index is 1.71. The van der Waals surface area contributed by atoms with Gasteiger partial charge in [-0.3, -0.25) is 4.79 Å². The Hall–Kier alpha value is -3.12. The van der Waals surface area contributed by atoms with Gasteiger partial charge in [-0.1, -0.05) is 35.9 Å². The molecule has 0 bridgehead atoms. The summed E-state index contributed by atoms with van der Waals surface area (Å²) in [6.07, 6.45) is 0. The smallest absolute Gasteiger partial charge is 0.339 e. The van der Waals surface area contributed by atoms with Crippen molar-refractivity contribution in [2.24, 2.45) is 0 Å². The third-order valence-electron chi connectivity index (χ3n) is 3.87. The summed E-state index contributed by atoms with van der Waals surface area (Å²) < 4.78 is 10.4. The number of anilines is 1. The number of nitrogens with zero attached hydrogens (tertiary/aromatic N) is 1. The maximum Gasteiger partial charge on any atom is 0.339 e. The minimum absolute atomic E-state index is 0.176. The van der Waals surface area contributed by atoms with Crippen LogP contribution in [0.25, 0.3) is 10.9 Å². The van der Waals surface area contributed by atoms with Gasteiger partial charge in [0.15, 0.2) is 6.61 Å². The maximum atomic E-state index is 12.4. The fraction of sp³-hybridized carbons (Fsp3) is 0.150. The van der Waals surface area contributed by atoms with Gasteiger partial charge in [0.25, 0.3) is 5.91 Å². The van der Waals surface area contributed by atoms with Crippen molar-refractivity contribution in [2.45, 2.75) is 6.92 Å². The van der Waals surface area contributed by atoms with Gasteiger partial charge in [-0.05, 0) is 36.8 Å². The lowest BCUT2D eigenvalue weighted by Crippen LogP contribution is -2.21. The van der Waals surface area contributed by atoms with E-state index in [2.05, 4.69) is 10.3 Å². The molecule has 0 radical (unpaired) electrons. The van der Waals surface area contributed by atoms with Gasteiger partial charge in [-0.15, -0.1) is 0 Å². The summed E-state index contributed by atoms with van der Waals surface area (Å²) in [5.74, 6) is -0.606. The first-order valence-electron chi connectivity index (χ1n) is 8.15. The highest BCUT2D eigenvalue weighted by Gasteiger charge is 2.16. The number of benzene rings is 2. The van der Waals surface area contributed by atoms with Crippen molar-refractivity contribution in [2.75, 3.05) is 19.0 Å². The Morgan fingerprint density at radius 1 is 1.15 bits per heavy atom. The summed E-state index contributed by atoms with van der Waals surface area (Å²) in [4.78, 5) is 28.8. The number of aryl methyl sites for hydroxylation is 1. The number of para-hydroxylation sites is 1. The van der Waals surface area contributed by atoms with E-state index in [1.807, 2.05) is 13.0 Å². The molecule has 1 N–H and O–H groups in total. The van der Waals surface area contributed by atoms with Crippen molar-refractivity contribution in [3.8, 4) is 5.75 Å². The van der Waals surface area contributed by atoms with Crippen molar-refractivity contribution in [3.05, 3.63) is 64.8 Å². The van der Waals surface area contributed by atoms with Crippen LogP contribution in [0.15, 0.2) is 48.5 Å². The zero-order valence-corrected chi connectivity index (χ0v) is 15.5. The molecule has 0 aliphatic rings. The summed E-state index contributed by atoms with van der Waals surface area (Å²) in [5.41, 5.74) is 2.30. The molecule has 138 valence electrons. The van der Waals surface area contributed by atoms with Crippen LogP contribution in [0.3, 0.4) is 0 Å². The monoisotopic (exact) mass is 384 g/mol. The lowest BCUT2D eigenvalue weighted by Gasteiger charge is -2.11. The molecule has 1 heterocycles. The number of hydrogen-bond acceptors (Lipinski definition) is 5. The molecule has 27 heavy (non-hydrogen) atoms. The van der Waals surface area contributed by atoms with E-state index in [1.165, 1.54) is 13.2 Å². The van der Waals surface area contributed by atoms with E-state index >= 15 is 0 Å². The molecule has 6 nitrogen and oxygen atoms in total. The number of fused-ring (bicyclic) bond motifs is 1. The van der Waals surface area contributed by atoms with Crippen LogP contribution in [0, 0.1) is 6.92 Å². The number of ether oxygens (including phenoxy) is 2. The molecule has 0 unspecified atom stereocenters. The number of amides is 1. The van der Waals surface area contributed by atoms with E-state index in [1.54, 1.807) is 36.4 Å². The predicted octanol–water partition coefficient (Wildman–Crippen LogP) is 4.00. The van der Waals surface area contributed by atoms with E-state index in [0.29, 0.717) is 22.3 Å². The van der Waals surface area contributed by atoms with Crippen molar-refractivity contribution >= 4 is 40.1 Å². The minimum atomic E-state index is -0.651. The number of pyridine rings is 1. The number of halogens is 1. The Morgan fingerprint density at radius 3 is 2.70 bits per heavy atom. The number of carbonyl (C=O) groups excluding carboxylic acids is 2. The standard InChI is InChI=1S/C20H17ClN2O4/c1-12-7-8-17(26-2)16(9-12)23-19(24)11-27-20(25)14-10-18(21)22-15-6-4-3-5-13(14)15/h3-10H,11H2,1-2H3,(H,23,24). The van der Waals surface area contributed by atoms with Crippen LogP contribution >= 0.6 is 11.6 Å². The number of rotatable bonds is 5. The van der Waals surface area contributed by atoms with Crippen LogP contribution in [-0.2, 0) is 9.53 Å².